The van der Waals surface area contributed by atoms with Crippen molar-refractivity contribution in [3.63, 3.8) is 0 Å². The molecule has 0 saturated carbocycles. The molecule has 1 aromatic carbocycles. The molecule has 0 aliphatic carbocycles. The van der Waals surface area contributed by atoms with Crippen LogP contribution in [0, 0.1) is 5.82 Å². The van der Waals surface area contributed by atoms with Gasteiger partial charge in [0.15, 0.2) is 0 Å². The Labute approximate surface area is 122 Å². The van der Waals surface area contributed by atoms with Crippen LogP contribution in [-0.4, -0.2) is 11.5 Å². The van der Waals surface area contributed by atoms with Gasteiger partial charge in [-0.1, -0.05) is 29.8 Å². The minimum atomic E-state index is -0.270. The number of hydrogen-bond acceptors (Lipinski definition) is 3. The maximum atomic E-state index is 13.4. The zero-order valence-corrected chi connectivity index (χ0v) is 12.0. The Kier molecular flexibility index (Phi) is 5.32. The van der Waals surface area contributed by atoms with E-state index in [2.05, 4.69) is 10.3 Å². The molecule has 0 amide bonds. The minimum Gasteiger partial charge on any atom is -0.370 e. The molecule has 0 unspecified atom stereocenters. The molecule has 0 atom stereocenters. The van der Waals surface area contributed by atoms with Crippen molar-refractivity contribution in [3.05, 3.63) is 58.5 Å². The molecule has 0 saturated heterocycles. The van der Waals surface area contributed by atoms with Gasteiger partial charge in [-0.25, -0.2) is 9.37 Å². The number of pyridine rings is 1. The van der Waals surface area contributed by atoms with Crippen LogP contribution in [0.25, 0.3) is 0 Å². The van der Waals surface area contributed by atoms with Crippen LogP contribution in [0.4, 0.5) is 10.2 Å². The van der Waals surface area contributed by atoms with Crippen molar-refractivity contribution in [2.75, 3.05) is 11.9 Å². The maximum Gasteiger partial charge on any atom is 0.128 e. The molecule has 0 aliphatic rings. The molecule has 0 fully saturated rings. The maximum absolute atomic E-state index is 13.4. The Balaban J connectivity index is 1.97. The van der Waals surface area contributed by atoms with Crippen molar-refractivity contribution in [1.29, 1.82) is 0 Å². The first-order valence-electron chi connectivity index (χ1n) is 6.41. The number of rotatable bonds is 6. The summed E-state index contributed by atoms with van der Waals surface area (Å²) in [6.07, 6.45) is 0. The third-order valence-electron chi connectivity index (χ3n) is 2.73. The highest BCUT2D eigenvalue weighted by atomic mass is 35.5. The summed E-state index contributed by atoms with van der Waals surface area (Å²) in [7, 11) is 0. The minimum absolute atomic E-state index is 0.191. The third kappa shape index (κ3) is 3.92. The van der Waals surface area contributed by atoms with E-state index in [1.54, 1.807) is 24.3 Å². The first-order chi connectivity index (χ1) is 9.70. The third-order valence-corrected chi connectivity index (χ3v) is 3.07. The van der Waals surface area contributed by atoms with Crippen molar-refractivity contribution < 1.29 is 9.13 Å². The lowest BCUT2D eigenvalue weighted by Gasteiger charge is -2.09. The average Bonchev–Trinajstić information content (AvgIpc) is 2.44. The van der Waals surface area contributed by atoms with Crippen molar-refractivity contribution >= 4 is 17.4 Å². The summed E-state index contributed by atoms with van der Waals surface area (Å²) in [6.45, 7) is 3.21. The average molecular weight is 295 g/mol. The fourth-order valence-electron chi connectivity index (χ4n) is 1.74. The van der Waals surface area contributed by atoms with Crippen molar-refractivity contribution in [2.45, 2.75) is 20.1 Å². The normalized spacial score (nSPS) is 10.6. The molecular weight excluding hydrogens is 279 g/mol. The fraction of sp³-hybridized carbons (Fsp3) is 0.267. The van der Waals surface area contributed by atoms with Crippen LogP contribution >= 0.6 is 11.6 Å². The lowest BCUT2D eigenvalue weighted by Crippen LogP contribution is -2.03. The number of anilines is 1. The van der Waals surface area contributed by atoms with Crippen LogP contribution in [0.5, 0.6) is 0 Å². The van der Waals surface area contributed by atoms with Crippen LogP contribution in [0.3, 0.4) is 0 Å². The summed E-state index contributed by atoms with van der Waals surface area (Å²) in [5.41, 5.74) is 1.16. The number of hydrogen-bond donors (Lipinski definition) is 1. The molecule has 106 valence electrons. The van der Waals surface area contributed by atoms with Gasteiger partial charge in [0.1, 0.15) is 11.6 Å². The quantitative estimate of drug-likeness (QED) is 0.873. The second kappa shape index (κ2) is 7.22. The number of aromatic nitrogens is 1. The molecule has 0 aliphatic heterocycles. The van der Waals surface area contributed by atoms with Gasteiger partial charge in [0, 0.05) is 12.1 Å². The van der Waals surface area contributed by atoms with E-state index in [9.17, 15) is 4.39 Å². The first kappa shape index (κ1) is 14.8. The number of nitrogens with one attached hydrogen (secondary N) is 1. The topological polar surface area (TPSA) is 34.1 Å². The van der Waals surface area contributed by atoms with Gasteiger partial charge in [-0.05, 0) is 25.1 Å². The summed E-state index contributed by atoms with van der Waals surface area (Å²) < 4.78 is 18.9. The van der Waals surface area contributed by atoms with Crippen LogP contribution in [0.15, 0.2) is 36.4 Å². The molecule has 20 heavy (non-hydrogen) atoms. The predicted octanol–water partition coefficient (Wildman–Crippen LogP) is 4.02. The smallest absolute Gasteiger partial charge is 0.128 e. The van der Waals surface area contributed by atoms with E-state index in [0.717, 1.165) is 12.4 Å². The Morgan fingerprint density at radius 2 is 2.00 bits per heavy atom. The molecule has 3 nitrogen and oxygen atoms in total. The van der Waals surface area contributed by atoms with E-state index in [-0.39, 0.29) is 19.0 Å². The standard InChI is InChI=1S/C15H16ClFN2O/c1-2-18-15-8-7-12(16)14(19-15)10-20-9-11-5-3-4-6-13(11)17/h3-8H,2,9-10H2,1H3,(H,18,19). The second-order valence-electron chi connectivity index (χ2n) is 4.24. The number of halogens is 2. The van der Waals surface area contributed by atoms with Crippen molar-refractivity contribution in [2.24, 2.45) is 0 Å². The Morgan fingerprint density at radius 3 is 2.75 bits per heavy atom. The summed E-state index contributed by atoms with van der Waals surface area (Å²) in [4.78, 5) is 4.35. The highest BCUT2D eigenvalue weighted by molar-refractivity contribution is 6.31. The molecule has 0 spiro atoms. The van der Waals surface area contributed by atoms with E-state index >= 15 is 0 Å². The lowest BCUT2D eigenvalue weighted by atomic mass is 10.2. The largest absolute Gasteiger partial charge is 0.370 e. The molecule has 1 N–H and O–H groups in total. The van der Waals surface area contributed by atoms with Gasteiger partial charge >= 0.3 is 0 Å². The summed E-state index contributed by atoms with van der Waals surface area (Å²) in [6, 6.07) is 10.1. The molecular formula is C15H16ClFN2O. The predicted molar refractivity (Wildman–Crippen MR) is 78.3 cm³/mol. The highest BCUT2D eigenvalue weighted by Gasteiger charge is 2.06. The molecule has 2 rings (SSSR count). The van der Waals surface area contributed by atoms with E-state index < -0.39 is 0 Å². The van der Waals surface area contributed by atoms with Gasteiger partial charge in [-0.15, -0.1) is 0 Å². The lowest BCUT2D eigenvalue weighted by molar-refractivity contribution is 0.102. The SMILES string of the molecule is CCNc1ccc(Cl)c(COCc2ccccc2F)n1. The molecule has 0 radical (unpaired) electrons. The van der Waals surface area contributed by atoms with Crippen LogP contribution < -0.4 is 5.32 Å². The number of nitrogens with zero attached hydrogens (tertiary/aromatic N) is 1. The van der Waals surface area contributed by atoms with E-state index in [1.165, 1.54) is 6.07 Å². The van der Waals surface area contributed by atoms with Gasteiger partial charge in [0.2, 0.25) is 0 Å². The van der Waals surface area contributed by atoms with Crippen LogP contribution in [0.2, 0.25) is 5.02 Å². The highest BCUT2D eigenvalue weighted by Crippen LogP contribution is 2.18. The van der Waals surface area contributed by atoms with E-state index in [0.29, 0.717) is 16.3 Å². The number of ether oxygens (including phenoxy) is 1. The second-order valence-corrected chi connectivity index (χ2v) is 4.65. The van der Waals surface area contributed by atoms with Gasteiger partial charge in [-0.2, -0.15) is 0 Å². The van der Waals surface area contributed by atoms with Gasteiger partial charge in [0.25, 0.3) is 0 Å². The van der Waals surface area contributed by atoms with E-state index in [1.807, 2.05) is 13.0 Å². The molecule has 2 aromatic rings. The van der Waals surface area contributed by atoms with Gasteiger partial charge < -0.3 is 10.1 Å². The first-order valence-corrected chi connectivity index (χ1v) is 6.79. The monoisotopic (exact) mass is 294 g/mol. The van der Waals surface area contributed by atoms with Crippen molar-refractivity contribution in [1.82, 2.24) is 4.98 Å². The van der Waals surface area contributed by atoms with E-state index in [4.69, 9.17) is 16.3 Å². The zero-order valence-electron chi connectivity index (χ0n) is 11.2. The van der Waals surface area contributed by atoms with Crippen molar-refractivity contribution in [3.8, 4) is 0 Å². The molecule has 1 heterocycles. The van der Waals surface area contributed by atoms with Gasteiger partial charge in [0.05, 0.1) is 23.9 Å². The molecule has 0 bridgehead atoms. The van der Waals surface area contributed by atoms with Crippen LogP contribution in [0.1, 0.15) is 18.2 Å². The van der Waals surface area contributed by atoms with Gasteiger partial charge in [-0.3, -0.25) is 0 Å². The Hall–Kier alpha value is -1.65. The molecule has 1 aromatic heterocycles. The fourth-order valence-corrected chi connectivity index (χ4v) is 1.90. The Morgan fingerprint density at radius 1 is 1.20 bits per heavy atom. The summed E-state index contributed by atoms with van der Waals surface area (Å²) >= 11 is 6.07. The number of benzene rings is 1. The summed E-state index contributed by atoms with van der Waals surface area (Å²) in [5, 5.41) is 3.65. The summed E-state index contributed by atoms with van der Waals surface area (Å²) in [5.74, 6) is 0.481. The van der Waals surface area contributed by atoms with Crippen LogP contribution in [-0.2, 0) is 18.0 Å². The Bertz CT molecular complexity index is 578. The molecule has 5 heteroatoms. The zero-order chi connectivity index (χ0) is 14.4.